The molecule has 1 aromatic carbocycles. The average Bonchev–Trinajstić information content (AvgIpc) is 2.46. The van der Waals surface area contributed by atoms with Crippen molar-refractivity contribution < 1.29 is 9.53 Å². The molecule has 98 valence electrons. The fourth-order valence-electron chi connectivity index (χ4n) is 1.55. The number of hydrogen-bond donors (Lipinski definition) is 2. The summed E-state index contributed by atoms with van der Waals surface area (Å²) in [6.07, 6.45) is 1.59. The summed E-state index contributed by atoms with van der Waals surface area (Å²) in [5, 5.41) is 2.53. The van der Waals surface area contributed by atoms with E-state index < -0.39 is 0 Å². The van der Waals surface area contributed by atoms with Crippen molar-refractivity contribution in [1.29, 1.82) is 0 Å². The molecule has 0 fully saturated rings. The Kier molecular flexibility index (Phi) is 3.97. The van der Waals surface area contributed by atoms with Crippen LogP contribution in [0.1, 0.15) is 16.1 Å². The van der Waals surface area contributed by atoms with Crippen LogP contribution < -0.4 is 15.8 Å². The molecule has 19 heavy (non-hydrogen) atoms. The summed E-state index contributed by atoms with van der Waals surface area (Å²) in [5.74, 6) is 0.516. The third-order valence-corrected chi connectivity index (χ3v) is 2.57. The van der Waals surface area contributed by atoms with Crippen LogP contribution in [-0.4, -0.2) is 17.9 Å². The van der Waals surface area contributed by atoms with Gasteiger partial charge in [-0.1, -0.05) is 0 Å². The van der Waals surface area contributed by atoms with Crippen molar-refractivity contribution in [1.82, 2.24) is 10.3 Å². The Morgan fingerprint density at radius 2 is 2.05 bits per heavy atom. The quantitative estimate of drug-likeness (QED) is 0.816. The van der Waals surface area contributed by atoms with Crippen molar-refractivity contribution in [2.75, 3.05) is 12.8 Å². The Labute approximate surface area is 111 Å². The van der Waals surface area contributed by atoms with Crippen LogP contribution in [0, 0.1) is 0 Å². The van der Waals surface area contributed by atoms with Gasteiger partial charge in [0.2, 0.25) is 0 Å². The SMILES string of the molecule is CNC(=O)c1cc(COc2ccc(N)cc2)ccn1. The molecule has 0 radical (unpaired) electrons. The predicted octanol–water partition coefficient (Wildman–Crippen LogP) is 1.60. The highest BCUT2D eigenvalue weighted by molar-refractivity contribution is 5.92. The minimum Gasteiger partial charge on any atom is -0.489 e. The van der Waals surface area contributed by atoms with Crippen LogP contribution in [0.3, 0.4) is 0 Å². The van der Waals surface area contributed by atoms with Gasteiger partial charge in [-0.2, -0.15) is 0 Å². The summed E-state index contributed by atoms with van der Waals surface area (Å²) in [4.78, 5) is 15.4. The second kappa shape index (κ2) is 5.86. The number of hydrogen-bond acceptors (Lipinski definition) is 4. The number of amides is 1. The van der Waals surface area contributed by atoms with E-state index in [4.69, 9.17) is 10.5 Å². The molecule has 0 aliphatic rings. The number of anilines is 1. The van der Waals surface area contributed by atoms with E-state index in [1.165, 1.54) is 0 Å². The highest BCUT2D eigenvalue weighted by Gasteiger charge is 2.05. The van der Waals surface area contributed by atoms with E-state index in [2.05, 4.69) is 10.3 Å². The topological polar surface area (TPSA) is 77.2 Å². The maximum absolute atomic E-state index is 11.4. The van der Waals surface area contributed by atoms with Gasteiger partial charge >= 0.3 is 0 Å². The molecule has 1 amide bonds. The standard InChI is InChI=1S/C14H15N3O2/c1-16-14(18)13-8-10(6-7-17-13)9-19-12-4-2-11(15)3-5-12/h2-8H,9,15H2,1H3,(H,16,18). The molecule has 1 heterocycles. The first-order valence-electron chi connectivity index (χ1n) is 5.84. The smallest absolute Gasteiger partial charge is 0.269 e. The molecule has 2 rings (SSSR count). The first-order valence-corrected chi connectivity index (χ1v) is 5.84. The van der Waals surface area contributed by atoms with Crippen LogP contribution in [0.5, 0.6) is 5.75 Å². The lowest BCUT2D eigenvalue weighted by molar-refractivity contribution is 0.0958. The molecule has 5 heteroatoms. The van der Waals surface area contributed by atoms with Gasteiger partial charge in [-0.15, -0.1) is 0 Å². The predicted molar refractivity (Wildman–Crippen MR) is 72.8 cm³/mol. The summed E-state index contributed by atoms with van der Waals surface area (Å²) >= 11 is 0. The zero-order chi connectivity index (χ0) is 13.7. The maximum Gasteiger partial charge on any atom is 0.269 e. The average molecular weight is 257 g/mol. The molecule has 0 aliphatic heterocycles. The summed E-state index contributed by atoms with van der Waals surface area (Å²) < 4.78 is 5.60. The Balaban J connectivity index is 2.03. The number of ether oxygens (including phenoxy) is 1. The van der Waals surface area contributed by atoms with E-state index in [0.717, 1.165) is 11.3 Å². The van der Waals surface area contributed by atoms with E-state index in [0.29, 0.717) is 18.0 Å². The number of rotatable bonds is 4. The normalized spacial score (nSPS) is 9.95. The van der Waals surface area contributed by atoms with Crippen molar-refractivity contribution in [2.45, 2.75) is 6.61 Å². The number of pyridine rings is 1. The van der Waals surface area contributed by atoms with E-state index in [-0.39, 0.29) is 5.91 Å². The van der Waals surface area contributed by atoms with Crippen LogP contribution >= 0.6 is 0 Å². The van der Waals surface area contributed by atoms with Crippen molar-refractivity contribution in [3.8, 4) is 5.75 Å². The van der Waals surface area contributed by atoms with E-state index >= 15 is 0 Å². The Hall–Kier alpha value is -2.56. The highest BCUT2D eigenvalue weighted by atomic mass is 16.5. The number of carbonyl (C=O) groups excluding carboxylic acids is 1. The lowest BCUT2D eigenvalue weighted by Gasteiger charge is -2.07. The van der Waals surface area contributed by atoms with Gasteiger partial charge in [0.25, 0.3) is 5.91 Å². The molecule has 0 saturated heterocycles. The second-order valence-electron chi connectivity index (χ2n) is 3.99. The summed E-state index contributed by atoms with van der Waals surface area (Å²) in [6, 6.07) is 10.7. The first-order chi connectivity index (χ1) is 9.19. The molecule has 3 N–H and O–H groups in total. The zero-order valence-corrected chi connectivity index (χ0v) is 10.6. The van der Waals surface area contributed by atoms with Crippen molar-refractivity contribution in [3.05, 3.63) is 53.9 Å². The number of aromatic nitrogens is 1. The highest BCUT2D eigenvalue weighted by Crippen LogP contribution is 2.15. The number of carbonyl (C=O) groups is 1. The van der Waals surface area contributed by atoms with Crippen LogP contribution in [-0.2, 0) is 6.61 Å². The molecule has 0 bridgehead atoms. The third kappa shape index (κ3) is 3.45. The van der Waals surface area contributed by atoms with Crippen LogP contribution in [0.25, 0.3) is 0 Å². The Morgan fingerprint density at radius 1 is 1.32 bits per heavy atom. The van der Waals surface area contributed by atoms with Gasteiger partial charge < -0.3 is 15.8 Å². The molecule has 0 aliphatic carbocycles. The van der Waals surface area contributed by atoms with Crippen molar-refractivity contribution in [2.24, 2.45) is 0 Å². The lowest BCUT2D eigenvalue weighted by Crippen LogP contribution is -2.19. The van der Waals surface area contributed by atoms with Gasteiger partial charge in [-0.05, 0) is 42.0 Å². The van der Waals surface area contributed by atoms with Gasteiger partial charge in [0.05, 0.1) is 0 Å². The molecule has 0 unspecified atom stereocenters. The number of benzene rings is 1. The Morgan fingerprint density at radius 3 is 2.74 bits per heavy atom. The Bertz CT molecular complexity index is 567. The molecule has 0 atom stereocenters. The number of nitrogens with zero attached hydrogens (tertiary/aromatic N) is 1. The fraction of sp³-hybridized carbons (Fsp3) is 0.143. The molecule has 5 nitrogen and oxygen atoms in total. The van der Waals surface area contributed by atoms with Crippen LogP contribution in [0.4, 0.5) is 5.69 Å². The largest absolute Gasteiger partial charge is 0.489 e. The van der Waals surface area contributed by atoms with Gasteiger partial charge in [-0.25, -0.2) is 0 Å². The van der Waals surface area contributed by atoms with Gasteiger partial charge in [0.1, 0.15) is 18.1 Å². The fourth-order valence-corrected chi connectivity index (χ4v) is 1.55. The number of nitrogen functional groups attached to an aromatic ring is 1. The van der Waals surface area contributed by atoms with Crippen LogP contribution in [0.2, 0.25) is 0 Å². The maximum atomic E-state index is 11.4. The minimum absolute atomic E-state index is 0.214. The summed E-state index contributed by atoms with van der Waals surface area (Å²) in [5.41, 5.74) is 7.54. The van der Waals surface area contributed by atoms with Crippen molar-refractivity contribution in [3.63, 3.8) is 0 Å². The van der Waals surface area contributed by atoms with Gasteiger partial charge in [-0.3, -0.25) is 9.78 Å². The number of nitrogens with one attached hydrogen (secondary N) is 1. The minimum atomic E-state index is -0.214. The lowest BCUT2D eigenvalue weighted by atomic mass is 10.2. The van der Waals surface area contributed by atoms with Gasteiger partial charge in [0.15, 0.2) is 0 Å². The monoisotopic (exact) mass is 257 g/mol. The molecule has 1 aromatic heterocycles. The first kappa shape index (κ1) is 12.9. The zero-order valence-electron chi connectivity index (χ0n) is 10.6. The number of nitrogens with two attached hydrogens (primary N) is 1. The van der Waals surface area contributed by atoms with E-state index in [1.807, 2.05) is 6.07 Å². The molecule has 0 saturated carbocycles. The second-order valence-corrected chi connectivity index (χ2v) is 3.99. The van der Waals surface area contributed by atoms with Gasteiger partial charge in [0, 0.05) is 18.9 Å². The van der Waals surface area contributed by atoms with E-state index in [9.17, 15) is 4.79 Å². The third-order valence-electron chi connectivity index (χ3n) is 2.57. The molecular weight excluding hydrogens is 242 g/mol. The molecular formula is C14H15N3O2. The van der Waals surface area contributed by atoms with E-state index in [1.54, 1.807) is 43.6 Å². The molecule has 0 spiro atoms. The van der Waals surface area contributed by atoms with Crippen molar-refractivity contribution >= 4 is 11.6 Å². The summed E-state index contributed by atoms with van der Waals surface area (Å²) in [6.45, 7) is 0.371. The van der Waals surface area contributed by atoms with Crippen LogP contribution in [0.15, 0.2) is 42.6 Å². The molecule has 2 aromatic rings. The summed E-state index contributed by atoms with van der Waals surface area (Å²) in [7, 11) is 1.57.